The molecule has 104 valence electrons. The van der Waals surface area contributed by atoms with Crippen molar-refractivity contribution in [3.63, 3.8) is 0 Å². The van der Waals surface area contributed by atoms with Crippen molar-refractivity contribution < 1.29 is 4.79 Å². The highest BCUT2D eigenvalue weighted by Crippen LogP contribution is 2.21. The fourth-order valence-electron chi connectivity index (χ4n) is 2.54. The van der Waals surface area contributed by atoms with Crippen molar-refractivity contribution in [1.82, 2.24) is 9.88 Å². The van der Waals surface area contributed by atoms with E-state index in [4.69, 9.17) is 11.6 Å². The summed E-state index contributed by atoms with van der Waals surface area (Å²) < 4.78 is 0. The van der Waals surface area contributed by atoms with Gasteiger partial charge in [0.05, 0.1) is 0 Å². The summed E-state index contributed by atoms with van der Waals surface area (Å²) in [5, 5.41) is 0. The van der Waals surface area contributed by atoms with E-state index in [1.54, 1.807) is 6.20 Å². The highest BCUT2D eigenvalue weighted by molar-refractivity contribution is 5.73. The van der Waals surface area contributed by atoms with Crippen LogP contribution in [0.3, 0.4) is 0 Å². The molecule has 1 aliphatic rings. The van der Waals surface area contributed by atoms with Crippen LogP contribution in [-0.4, -0.2) is 28.9 Å². The number of hydrogen-bond donors (Lipinski definition) is 3. The summed E-state index contributed by atoms with van der Waals surface area (Å²) >= 11 is 0. The number of nitrogens with two attached hydrogens (primary N) is 2. The molecule has 2 heterocycles. The second-order valence-corrected chi connectivity index (χ2v) is 5.08. The fourth-order valence-corrected chi connectivity index (χ4v) is 2.54. The minimum absolute atomic E-state index is 0.189. The van der Waals surface area contributed by atoms with E-state index in [1.165, 1.54) is 5.56 Å². The zero-order chi connectivity index (χ0) is 13.7. The van der Waals surface area contributed by atoms with E-state index in [1.807, 2.05) is 12.1 Å². The molecule has 0 spiro atoms. The van der Waals surface area contributed by atoms with E-state index < -0.39 is 0 Å². The molecule has 0 radical (unpaired) electrons. The van der Waals surface area contributed by atoms with Gasteiger partial charge >= 0.3 is 0 Å². The number of anilines is 1. The van der Waals surface area contributed by atoms with Crippen LogP contribution in [0.1, 0.15) is 24.8 Å². The van der Waals surface area contributed by atoms with Gasteiger partial charge in [0, 0.05) is 19.2 Å². The van der Waals surface area contributed by atoms with Gasteiger partial charge in [0.1, 0.15) is 5.82 Å². The maximum absolute atomic E-state index is 10.9. The van der Waals surface area contributed by atoms with E-state index in [-0.39, 0.29) is 5.91 Å². The fraction of sp³-hybridized carbons (Fsp3) is 0.538. The number of carbonyl (C=O) groups is 1. The van der Waals surface area contributed by atoms with Gasteiger partial charge < -0.3 is 11.2 Å². The quantitative estimate of drug-likeness (QED) is 0.529. The van der Waals surface area contributed by atoms with Crippen LogP contribution in [0.2, 0.25) is 0 Å². The average Bonchev–Trinajstić information content (AvgIpc) is 2.41. The lowest BCUT2D eigenvalue weighted by molar-refractivity contribution is -0.119. The first kappa shape index (κ1) is 13.8. The molecule has 1 amide bonds. The molecule has 0 aliphatic carbocycles. The van der Waals surface area contributed by atoms with Crippen LogP contribution < -0.4 is 17.0 Å². The number of aromatic nitrogens is 1. The molecule has 1 aliphatic heterocycles. The van der Waals surface area contributed by atoms with Crippen LogP contribution in [0.5, 0.6) is 0 Å². The standard InChI is InChI=1S/C13H21N5O/c14-12(19)7-10-2-5-18(6-3-10)9-11-1-4-16-13(8-11)17-15/h1,4,8,10H,2-3,5-7,9,15H2,(H2,14,19)(H,16,17). The molecule has 1 aromatic rings. The third-order valence-electron chi connectivity index (χ3n) is 3.58. The van der Waals surface area contributed by atoms with Crippen molar-refractivity contribution in [2.45, 2.75) is 25.8 Å². The molecular weight excluding hydrogens is 242 g/mol. The monoisotopic (exact) mass is 263 g/mol. The third-order valence-corrected chi connectivity index (χ3v) is 3.58. The van der Waals surface area contributed by atoms with Crippen LogP contribution >= 0.6 is 0 Å². The summed E-state index contributed by atoms with van der Waals surface area (Å²) in [5.41, 5.74) is 8.98. The lowest BCUT2D eigenvalue weighted by Crippen LogP contribution is -2.34. The SMILES string of the molecule is NNc1cc(CN2CCC(CC(N)=O)CC2)ccn1. The Labute approximate surface area is 113 Å². The highest BCUT2D eigenvalue weighted by Gasteiger charge is 2.20. The predicted molar refractivity (Wildman–Crippen MR) is 73.9 cm³/mol. The van der Waals surface area contributed by atoms with Crippen LogP contribution in [-0.2, 0) is 11.3 Å². The van der Waals surface area contributed by atoms with Gasteiger partial charge in [-0.25, -0.2) is 10.8 Å². The van der Waals surface area contributed by atoms with Crippen molar-refractivity contribution in [3.05, 3.63) is 23.9 Å². The Morgan fingerprint density at radius 3 is 2.84 bits per heavy atom. The molecule has 0 saturated carbocycles. The number of likely N-dealkylation sites (tertiary alicyclic amines) is 1. The Balaban J connectivity index is 1.83. The van der Waals surface area contributed by atoms with Gasteiger partial charge in [0.25, 0.3) is 0 Å². The summed E-state index contributed by atoms with van der Waals surface area (Å²) in [7, 11) is 0. The lowest BCUT2D eigenvalue weighted by Gasteiger charge is -2.31. The second kappa shape index (κ2) is 6.49. The van der Waals surface area contributed by atoms with Crippen LogP contribution in [0.4, 0.5) is 5.82 Å². The molecule has 0 atom stereocenters. The highest BCUT2D eigenvalue weighted by atomic mass is 16.1. The van der Waals surface area contributed by atoms with Gasteiger partial charge in [-0.15, -0.1) is 0 Å². The van der Waals surface area contributed by atoms with Crippen LogP contribution in [0.25, 0.3) is 0 Å². The number of piperidine rings is 1. The molecule has 6 nitrogen and oxygen atoms in total. The minimum atomic E-state index is -0.189. The molecule has 1 saturated heterocycles. The number of nitrogens with zero attached hydrogens (tertiary/aromatic N) is 2. The van der Waals surface area contributed by atoms with E-state index in [9.17, 15) is 4.79 Å². The summed E-state index contributed by atoms with van der Waals surface area (Å²) in [6.45, 7) is 2.90. The van der Waals surface area contributed by atoms with Crippen molar-refractivity contribution in [1.29, 1.82) is 0 Å². The summed E-state index contributed by atoms with van der Waals surface area (Å²) in [4.78, 5) is 17.4. The molecule has 19 heavy (non-hydrogen) atoms. The molecule has 1 aromatic heterocycles. The zero-order valence-electron chi connectivity index (χ0n) is 11.0. The number of nitrogen functional groups attached to an aromatic ring is 1. The van der Waals surface area contributed by atoms with E-state index >= 15 is 0 Å². The van der Waals surface area contributed by atoms with Gasteiger partial charge in [-0.3, -0.25) is 9.69 Å². The van der Waals surface area contributed by atoms with Gasteiger partial charge in [-0.1, -0.05) is 0 Å². The topological polar surface area (TPSA) is 97.3 Å². The van der Waals surface area contributed by atoms with E-state index in [0.29, 0.717) is 18.2 Å². The van der Waals surface area contributed by atoms with Gasteiger partial charge in [0.15, 0.2) is 0 Å². The van der Waals surface area contributed by atoms with Crippen molar-refractivity contribution in [2.24, 2.45) is 17.5 Å². The number of pyridine rings is 1. The van der Waals surface area contributed by atoms with Gasteiger partial charge in [-0.05, 0) is 49.5 Å². The first-order valence-corrected chi connectivity index (χ1v) is 6.59. The van der Waals surface area contributed by atoms with Gasteiger partial charge in [-0.2, -0.15) is 0 Å². The Morgan fingerprint density at radius 2 is 2.21 bits per heavy atom. The van der Waals surface area contributed by atoms with Gasteiger partial charge in [0.2, 0.25) is 5.91 Å². The van der Waals surface area contributed by atoms with Crippen molar-refractivity contribution >= 4 is 11.7 Å². The Morgan fingerprint density at radius 1 is 1.47 bits per heavy atom. The molecule has 6 heteroatoms. The number of primary amides is 1. The first-order chi connectivity index (χ1) is 9.17. The van der Waals surface area contributed by atoms with Crippen LogP contribution in [0.15, 0.2) is 18.3 Å². The number of nitrogens with one attached hydrogen (secondary N) is 1. The summed E-state index contributed by atoms with van der Waals surface area (Å²) in [6.07, 6.45) is 4.35. The maximum Gasteiger partial charge on any atom is 0.217 e. The summed E-state index contributed by atoms with van der Waals surface area (Å²) in [6, 6.07) is 3.95. The largest absolute Gasteiger partial charge is 0.370 e. The normalized spacial score (nSPS) is 17.3. The number of hydrazine groups is 1. The first-order valence-electron chi connectivity index (χ1n) is 6.59. The van der Waals surface area contributed by atoms with Crippen LogP contribution in [0, 0.1) is 5.92 Å². The molecule has 1 fully saturated rings. The van der Waals surface area contributed by atoms with E-state index in [2.05, 4.69) is 15.3 Å². The number of carbonyl (C=O) groups excluding carboxylic acids is 1. The molecule has 2 rings (SSSR count). The minimum Gasteiger partial charge on any atom is -0.370 e. The Hall–Kier alpha value is -1.66. The van der Waals surface area contributed by atoms with E-state index in [0.717, 1.165) is 32.5 Å². The van der Waals surface area contributed by atoms with Crippen molar-refractivity contribution in [2.75, 3.05) is 18.5 Å². The second-order valence-electron chi connectivity index (χ2n) is 5.08. The molecule has 5 N–H and O–H groups in total. The third kappa shape index (κ3) is 4.18. The number of rotatable bonds is 5. The summed E-state index contributed by atoms with van der Waals surface area (Å²) in [5.74, 6) is 6.29. The average molecular weight is 263 g/mol. The Kier molecular flexibility index (Phi) is 4.70. The zero-order valence-corrected chi connectivity index (χ0v) is 11.0. The molecular formula is C13H21N5O. The lowest BCUT2D eigenvalue weighted by atomic mass is 9.93. The molecule has 0 bridgehead atoms. The Bertz CT molecular complexity index is 429. The number of amides is 1. The molecule has 0 aromatic carbocycles. The smallest absolute Gasteiger partial charge is 0.217 e. The predicted octanol–water partition coefficient (Wildman–Crippen LogP) is 0.455. The maximum atomic E-state index is 10.9. The van der Waals surface area contributed by atoms with Crippen molar-refractivity contribution in [3.8, 4) is 0 Å². The number of hydrogen-bond acceptors (Lipinski definition) is 5. The molecule has 0 unspecified atom stereocenters.